The van der Waals surface area contributed by atoms with E-state index in [9.17, 15) is 10.1 Å². The van der Waals surface area contributed by atoms with Crippen LogP contribution in [-0.2, 0) is 0 Å². The van der Waals surface area contributed by atoms with Crippen molar-refractivity contribution in [2.45, 2.75) is 18.4 Å². The molecule has 1 aliphatic heterocycles. The third kappa shape index (κ3) is 1.99. The molecule has 0 unspecified atom stereocenters. The maximum atomic E-state index is 11.0. The normalized spacial score (nSPS) is 25.2. The Morgan fingerprint density at radius 2 is 1.95 bits per heavy atom. The van der Waals surface area contributed by atoms with Crippen LogP contribution in [0.5, 0.6) is 0 Å². The summed E-state index contributed by atoms with van der Waals surface area (Å²) in [6.07, 6.45) is 5.39. The van der Waals surface area contributed by atoms with Crippen molar-refractivity contribution in [3.63, 3.8) is 0 Å². The monoisotopic (exact) mass is 292 g/mol. The highest BCUT2D eigenvalue weighted by Gasteiger charge is 2.38. The predicted octanol–water partition coefficient (Wildman–Crippen LogP) is 4.42. The van der Waals surface area contributed by atoms with Gasteiger partial charge in [0.1, 0.15) is 0 Å². The van der Waals surface area contributed by atoms with E-state index < -0.39 is 0 Å². The Morgan fingerprint density at radius 1 is 1.14 bits per heavy atom. The van der Waals surface area contributed by atoms with Gasteiger partial charge in [-0.05, 0) is 29.5 Å². The van der Waals surface area contributed by atoms with E-state index in [0.717, 1.165) is 17.7 Å². The second-order valence-corrected chi connectivity index (χ2v) is 5.91. The molecule has 4 nitrogen and oxygen atoms in total. The summed E-state index contributed by atoms with van der Waals surface area (Å²) in [4.78, 5) is 10.7. The lowest BCUT2D eigenvalue weighted by Crippen LogP contribution is -2.29. The van der Waals surface area contributed by atoms with E-state index in [4.69, 9.17) is 0 Å². The average Bonchev–Trinajstić information content (AvgIpc) is 3.04. The Bertz CT molecular complexity index is 755. The Balaban J connectivity index is 1.79. The molecule has 0 aromatic heterocycles. The molecule has 1 aliphatic carbocycles. The van der Waals surface area contributed by atoms with Crippen LogP contribution in [-0.4, -0.2) is 4.92 Å². The number of rotatable bonds is 2. The second-order valence-electron chi connectivity index (χ2n) is 5.91. The van der Waals surface area contributed by atoms with Crippen LogP contribution in [0.25, 0.3) is 0 Å². The summed E-state index contributed by atoms with van der Waals surface area (Å²) in [5.41, 5.74) is 3.48. The summed E-state index contributed by atoms with van der Waals surface area (Å²) >= 11 is 0. The first-order chi connectivity index (χ1) is 10.7. The lowest BCUT2D eigenvalue weighted by Gasteiger charge is -2.37. The Kier molecular flexibility index (Phi) is 2.96. The lowest BCUT2D eigenvalue weighted by molar-refractivity contribution is -0.384. The summed E-state index contributed by atoms with van der Waals surface area (Å²) < 4.78 is 0. The molecular formula is C18H16N2O2. The minimum atomic E-state index is -0.322. The molecule has 1 heterocycles. The van der Waals surface area contributed by atoms with Crippen molar-refractivity contribution in [2.75, 3.05) is 5.32 Å². The molecule has 0 bridgehead atoms. The van der Waals surface area contributed by atoms with Crippen LogP contribution >= 0.6 is 0 Å². The number of benzene rings is 2. The number of anilines is 1. The van der Waals surface area contributed by atoms with Crippen molar-refractivity contribution in [2.24, 2.45) is 5.92 Å². The quantitative estimate of drug-likeness (QED) is 0.506. The Labute approximate surface area is 128 Å². The van der Waals surface area contributed by atoms with Crippen LogP contribution < -0.4 is 5.32 Å². The molecule has 0 radical (unpaired) electrons. The molecule has 0 saturated heterocycles. The van der Waals surface area contributed by atoms with Gasteiger partial charge in [-0.25, -0.2) is 0 Å². The smallest absolute Gasteiger partial charge is 0.269 e. The van der Waals surface area contributed by atoms with Gasteiger partial charge >= 0.3 is 0 Å². The molecular weight excluding hydrogens is 276 g/mol. The fourth-order valence-electron chi connectivity index (χ4n) is 3.69. The number of allylic oxidation sites excluding steroid dienone is 2. The van der Waals surface area contributed by atoms with Crippen molar-refractivity contribution < 1.29 is 4.92 Å². The number of fused-ring (bicyclic) bond motifs is 3. The van der Waals surface area contributed by atoms with Gasteiger partial charge in [0.05, 0.1) is 11.0 Å². The molecule has 3 atom stereocenters. The zero-order valence-electron chi connectivity index (χ0n) is 12.0. The van der Waals surface area contributed by atoms with Crippen molar-refractivity contribution in [1.82, 2.24) is 0 Å². The third-order valence-corrected chi connectivity index (χ3v) is 4.72. The van der Waals surface area contributed by atoms with E-state index in [0.29, 0.717) is 5.92 Å². The maximum Gasteiger partial charge on any atom is 0.269 e. The van der Waals surface area contributed by atoms with Crippen molar-refractivity contribution >= 4 is 11.4 Å². The van der Waals surface area contributed by atoms with Gasteiger partial charge in [-0.2, -0.15) is 0 Å². The van der Waals surface area contributed by atoms with E-state index in [1.54, 1.807) is 12.1 Å². The number of nitro benzene ring substituents is 1. The molecule has 2 aliphatic rings. The number of non-ortho nitro benzene ring substituents is 1. The van der Waals surface area contributed by atoms with Gasteiger partial charge in [0, 0.05) is 23.7 Å². The SMILES string of the molecule is O=[N+]([O-])c1ccc2c(c1)[C@@H]1C=CC[C@@H]1[C@@H](c1ccccc1)N2. The molecule has 110 valence electrons. The van der Waals surface area contributed by atoms with Crippen LogP contribution in [0.2, 0.25) is 0 Å². The van der Waals surface area contributed by atoms with Gasteiger partial charge in [0.2, 0.25) is 0 Å². The van der Waals surface area contributed by atoms with E-state index in [-0.39, 0.29) is 22.6 Å². The van der Waals surface area contributed by atoms with Crippen LogP contribution in [0.15, 0.2) is 60.7 Å². The predicted molar refractivity (Wildman–Crippen MR) is 85.9 cm³/mol. The van der Waals surface area contributed by atoms with E-state index >= 15 is 0 Å². The lowest BCUT2D eigenvalue weighted by atomic mass is 9.77. The average molecular weight is 292 g/mol. The fraction of sp³-hybridized carbons (Fsp3) is 0.222. The molecule has 4 heteroatoms. The van der Waals surface area contributed by atoms with Crippen LogP contribution in [0.1, 0.15) is 29.5 Å². The first-order valence-electron chi connectivity index (χ1n) is 7.50. The van der Waals surface area contributed by atoms with Crippen LogP contribution in [0.3, 0.4) is 0 Å². The summed E-state index contributed by atoms with van der Waals surface area (Å²) in [5, 5.41) is 14.6. The third-order valence-electron chi connectivity index (χ3n) is 4.72. The van der Waals surface area contributed by atoms with Crippen LogP contribution in [0, 0.1) is 16.0 Å². The standard InChI is InChI=1S/C18H16N2O2/c21-20(22)13-9-10-17-16(11-13)14-7-4-8-15(14)18(19-17)12-5-2-1-3-6-12/h1-7,9-11,14-15,18-19H,8H2/t14-,15+,18-/m1/s1. The highest BCUT2D eigenvalue weighted by molar-refractivity contribution is 5.62. The number of nitrogens with zero attached hydrogens (tertiary/aromatic N) is 1. The van der Waals surface area contributed by atoms with Crippen LogP contribution in [0.4, 0.5) is 11.4 Å². The van der Waals surface area contributed by atoms with E-state index in [2.05, 4.69) is 41.7 Å². The van der Waals surface area contributed by atoms with Crippen molar-refractivity contribution in [1.29, 1.82) is 0 Å². The minimum absolute atomic E-state index is 0.165. The molecule has 0 amide bonds. The summed E-state index contributed by atoms with van der Waals surface area (Å²) in [7, 11) is 0. The molecule has 2 aromatic rings. The van der Waals surface area contributed by atoms with Crippen molar-refractivity contribution in [3.05, 3.63) is 81.9 Å². The Hall–Kier alpha value is -2.62. The largest absolute Gasteiger partial charge is 0.378 e. The maximum absolute atomic E-state index is 11.0. The first-order valence-corrected chi connectivity index (χ1v) is 7.50. The zero-order valence-corrected chi connectivity index (χ0v) is 12.0. The second kappa shape index (κ2) is 4.98. The minimum Gasteiger partial charge on any atom is -0.378 e. The molecule has 4 rings (SSSR count). The van der Waals surface area contributed by atoms with E-state index in [1.165, 1.54) is 5.56 Å². The van der Waals surface area contributed by atoms with Crippen molar-refractivity contribution in [3.8, 4) is 0 Å². The summed E-state index contributed by atoms with van der Waals surface area (Å²) in [6.45, 7) is 0. The van der Waals surface area contributed by atoms with Gasteiger partial charge in [-0.15, -0.1) is 0 Å². The van der Waals surface area contributed by atoms with Gasteiger partial charge in [-0.3, -0.25) is 10.1 Å². The van der Waals surface area contributed by atoms with Gasteiger partial charge in [0.15, 0.2) is 0 Å². The van der Waals surface area contributed by atoms with Gasteiger partial charge < -0.3 is 5.32 Å². The van der Waals surface area contributed by atoms with Gasteiger partial charge in [0.25, 0.3) is 5.69 Å². The first kappa shape index (κ1) is 13.1. The topological polar surface area (TPSA) is 55.2 Å². The summed E-state index contributed by atoms with van der Waals surface area (Å²) in [5.74, 6) is 0.665. The molecule has 1 N–H and O–H groups in total. The molecule has 0 spiro atoms. The summed E-state index contributed by atoms with van der Waals surface area (Å²) in [6, 6.07) is 15.8. The fourth-order valence-corrected chi connectivity index (χ4v) is 3.69. The molecule has 2 aromatic carbocycles. The number of hydrogen-bond donors (Lipinski definition) is 1. The number of hydrogen-bond acceptors (Lipinski definition) is 3. The molecule has 0 fully saturated rings. The molecule has 0 saturated carbocycles. The highest BCUT2D eigenvalue weighted by Crippen LogP contribution is 2.50. The highest BCUT2D eigenvalue weighted by atomic mass is 16.6. The van der Waals surface area contributed by atoms with E-state index in [1.807, 2.05) is 12.1 Å². The van der Waals surface area contributed by atoms with Gasteiger partial charge in [-0.1, -0.05) is 42.5 Å². The number of nitro groups is 1. The number of nitrogens with one attached hydrogen (secondary N) is 1. The molecule has 22 heavy (non-hydrogen) atoms. The zero-order chi connectivity index (χ0) is 15.1. The Morgan fingerprint density at radius 3 is 2.73 bits per heavy atom.